The van der Waals surface area contributed by atoms with E-state index in [9.17, 15) is 0 Å². The second kappa shape index (κ2) is 12.7. The van der Waals surface area contributed by atoms with Crippen LogP contribution in [0.25, 0.3) is 11.1 Å². The van der Waals surface area contributed by atoms with Crippen LogP contribution in [0.15, 0.2) is 127 Å². The van der Waals surface area contributed by atoms with Crippen LogP contribution < -0.4 is 4.90 Å². The van der Waals surface area contributed by atoms with Gasteiger partial charge in [-0.2, -0.15) is 0 Å². The van der Waals surface area contributed by atoms with Gasteiger partial charge in [-0.3, -0.25) is 0 Å². The molecule has 2 nitrogen and oxygen atoms in total. The largest absolute Gasteiger partial charge is 0.245 e. The van der Waals surface area contributed by atoms with E-state index < -0.39 is 0 Å². The molecule has 0 spiro atoms. The summed E-state index contributed by atoms with van der Waals surface area (Å²) in [7, 11) is 0. The van der Waals surface area contributed by atoms with Crippen molar-refractivity contribution in [2.24, 2.45) is 0 Å². The molecule has 0 fully saturated rings. The summed E-state index contributed by atoms with van der Waals surface area (Å²) in [6, 6.07) is 46.9. The van der Waals surface area contributed by atoms with Crippen LogP contribution in [-0.2, 0) is 0 Å². The molecule has 6 rings (SSSR count). The van der Waals surface area contributed by atoms with Crippen LogP contribution in [0.4, 0.5) is 11.4 Å². The van der Waals surface area contributed by atoms with Crippen molar-refractivity contribution in [3.63, 3.8) is 0 Å². The summed E-state index contributed by atoms with van der Waals surface area (Å²) in [5.41, 5.74) is 11.9. The van der Waals surface area contributed by atoms with E-state index in [4.69, 9.17) is 0 Å². The van der Waals surface area contributed by atoms with Crippen molar-refractivity contribution in [3.05, 3.63) is 155 Å². The summed E-state index contributed by atoms with van der Waals surface area (Å²) in [6.07, 6.45) is 2.42. The van der Waals surface area contributed by atoms with Crippen LogP contribution >= 0.6 is 0 Å². The average molecular weight is 578 g/mol. The van der Waals surface area contributed by atoms with Crippen LogP contribution in [0.2, 0.25) is 0 Å². The average Bonchev–Trinajstić information content (AvgIpc) is 3.45. The molecule has 1 aliphatic rings. The summed E-state index contributed by atoms with van der Waals surface area (Å²) in [5.74, 6) is 1.23. The SMILES string of the molecule is CC(C)c1cc(C(C)C)c([N+]2=CN(c3ccccc3-c3ccccc3)[C@@H](c3ccccc3)[C@@H]2c2ccccc2)c(C(C)C)c1. The minimum atomic E-state index is 0.0632. The summed E-state index contributed by atoms with van der Waals surface area (Å²) >= 11 is 0. The fraction of sp³-hybridized carbons (Fsp3) is 0.262. The van der Waals surface area contributed by atoms with Crippen LogP contribution in [0, 0.1) is 0 Å². The Bertz CT molecular complexity index is 1700. The zero-order valence-corrected chi connectivity index (χ0v) is 27.0. The van der Waals surface area contributed by atoms with Gasteiger partial charge in [0.05, 0.1) is 0 Å². The highest BCUT2D eigenvalue weighted by atomic mass is 15.3. The molecule has 0 N–H and O–H groups in total. The Kier molecular flexibility index (Phi) is 8.53. The molecule has 44 heavy (non-hydrogen) atoms. The molecule has 0 radical (unpaired) electrons. The van der Waals surface area contributed by atoms with Gasteiger partial charge in [-0.15, -0.1) is 0 Å². The van der Waals surface area contributed by atoms with Crippen LogP contribution in [0.3, 0.4) is 0 Å². The lowest BCUT2D eigenvalue weighted by Crippen LogP contribution is -2.26. The Balaban J connectivity index is 1.68. The molecule has 0 aromatic heterocycles. The number of benzene rings is 5. The Morgan fingerprint density at radius 1 is 0.545 bits per heavy atom. The Morgan fingerprint density at radius 2 is 1.05 bits per heavy atom. The number of hydrogen-bond donors (Lipinski definition) is 0. The lowest BCUT2D eigenvalue weighted by Gasteiger charge is -2.27. The molecule has 0 saturated heterocycles. The minimum Gasteiger partial charge on any atom is -0.221 e. The summed E-state index contributed by atoms with van der Waals surface area (Å²) in [4.78, 5) is 2.54. The van der Waals surface area contributed by atoms with Crippen LogP contribution in [0.5, 0.6) is 0 Å². The van der Waals surface area contributed by atoms with E-state index >= 15 is 0 Å². The van der Waals surface area contributed by atoms with E-state index in [1.165, 1.54) is 50.3 Å². The molecule has 0 amide bonds. The normalized spacial score (nSPS) is 16.7. The van der Waals surface area contributed by atoms with Gasteiger partial charge in [0.15, 0.2) is 12.1 Å². The summed E-state index contributed by atoms with van der Waals surface area (Å²) < 4.78 is 2.61. The second-order valence-corrected chi connectivity index (χ2v) is 13.0. The molecule has 1 aliphatic heterocycles. The molecule has 0 saturated carbocycles. The molecule has 2 atom stereocenters. The topological polar surface area (TPSA) is 6.25 Å². The Morgan fingerprint density at radius 3 is 1.59 bits per heavy atom. The first-order valence-electron chi connectivity index (χ1n) is 16.2. The molecule has 222 valence electrons. The third kappa shape index (κ3) is 5.62. The van der Waals surface area contributed by atoms with Crippen molar-refractivity contribution in [1.82, 2.24) is 0 Å². The highest BCUT2D eigenvalue weighted by Gasteiger charge is 2.47. The lowest BCUT2D eigenvalue weighted by molar-refractivity contribution is -0.482. The first-order chi connectivity index (χ1) is 21.3. The van der Waals surface area contributed by atoms with Crippen molar-refractivity contribution in [2.45, 2.75) is 71.4 Å². The van der Waals surface area contributed by atoms with Gasteiger partial charge in [0.25, 0.3) is 0 Å². The van der Waals surface area contributed by atoms with Gasteiger partial charge in [-0.05, 0) is 34.9 Å². The zero-order valence-electron chi connectivity index (χ0n) is 27.0. The lowest BCUT2D eigenvalue weighted by atomic mass is 9.85. The number of rotatable bonds is 8. The standard InChI is InChI=1S/C42H45N2/c1-29(2)35-26-37(30(3)4)42(38(27-35)31(5)6)44-28-43(39-25-17-16-24-36(39)32-18-10-7-11-19-32)40(33-20-12-8-13-21-33)41(44)34-22-14-9-15-23-34/h7-31,40-41H,1-6H3/q+1/t40-,41-/m0/s1. The molecular formula is C42H45N2+. The second-order valence-electron chi connectivity index (χ2n) is 13.0. The molecule has 0 unspecified atom stereocenters. The van der Waals surface area contributed by atoms with Crippen molar-refractivity contribution >= 4 is 17.7 Å². The Hall–Kier alpha value is -4.43. The smallest absolute Gasteiger partial charge is 0.221 e. The molecule has 1 heterocycles. The molecule has 0 aliphatic carbocycles. The van der Waals surface area contributed by atoms with Crippen molar-refractivity contribution < 1.29 is 4.58 Å². The highest BCUT2D eigenvalue weighted by Crippen LogP contribution is 2.50. The minimum absolute atomic E-state index is 0.0632. The number of para-hydroxylation sites is 1. The first kappa shape index (κ1) is 29.6. The fourth-order valence-corrected chi connectivity index (χ4v) is 6.75. The van der Waals surface area contributed by atoms with E-state index in [0.717, 1.165) is 0 Å². The van der Waals surface area contributed by atoms with Gasteiger partial charge >= 0.3 is 0 Å². The quantitative estimate of drug-likeness (QED) is 0.166. The van der Waals surface area contributed by atoms with Crippen LogP contribution in [-0.4, -0.2) is 10.9 Å². The van der Waals surface area contributed by atoms with Gasteiger partial charge < -0.3 is 0 Å². The van der Waals surface area contributed by atoms with E-state index in [2.05, 4.69) is 185 Å². The molecule has 5 aromatic carbocycles. The maximum absolute atomic E-state index is 2.61. The maximum Gasteiger partial charge on any atom is 0.245 e. The Labute approximate surface area is 264 Å². The highest BCUT2D eigenvalue weighted by molar-refractivity contribution is 5.90. The van der Waals surface area contributed by atoms with Gasteiger partial charge in [0, 0.05) is 27.8 Å². The number of hydrogen-bond acceptors (Lipinski definition) is 1. The molecule has 0 bridgehead atoms. The van der Waals surface area contributed by atoms with E-state index in [1.807, 2.05) is 0 Å². The van der Waals surface area contributed by atoms with Gasteiger partial charge in [0.1, 0.15) is 11.4 Å². The predicted molar refractivity (Wildman–Crippen MR) is 187 cm³/mol. The maximum atomic E-state index is 2.61. The summed E-state index contributed by atoms with van der Waals surface area (Å²) in [5, 5.41) is 0. The third-order valence-electron chi connectivity index (χ3n) is 9.06. The van der Waals surface area contributed by atoms with Gasteiger partial charge in [-0.1, -0.05) is 163 Å². The van der Waals surface area contributed by atoms with Crippen LogP contribution in [0.1, 0.15) is 99.2 Å². The monoisotopic (exact) mass is 577 g/mol. The van der Waals surface area contributed by atoms with E-state index in [0.29, 0.717) is 17.8 Å². The predicted octanol–water partition coefficient (Wildman–Crippen LogP) is 11.4. The molecule has 5 aromatic rings. The van der Waals surface area contributed by atoms with Crippen molar-refractivity contribution in [1.29, 1.82) is 0 Å². The fourth-order valence-electron chi connectivity index (χ4n) is 6.75. The van der Waals surface area contributed by atoms with Crippen molar-refractivity contribution in [2.75, 3.05) is 4.90 Å². The van der Waals surface area contributed by atoms with Gasteiger partial charge in [-0.25, -0.2) is 9.48 Å². The molecular weight excluding hydrogens is 532 g/mol. The van der Waals surface area contributed by atoms with Gasteiger partial charge in [0.2, 0.25) is 6.34 Å². The zero-order chi connectivity index (χ0) is 30.8. The molecule has 2 heteroatoms. The van der Waals surface area contributed by atoms with E-state index in [-0.39, 0.29) is 12.1 Å². The van der Waals surface area contributed by atoms with E-state index in [1.54, 1.807) is 0 Å². The third-order valence-corrected chi connectivity index (χ3v) is 9.06. The number of anilines is 1. The van der Waals surface area contributed by atoms with Crippen molar-refractivity contribution in [3.8, 4) is 11.1 Å². The number of nitrogens with zero attached hydrogens (tertiary/aromatic N) is 2. The summed E-state index contributed by atoms with van der Waals surface area (Å²) in [6.45, 7) is 14.0. The first-order valence-corrected chi connectivity index (χ1v) is 16.2.